The Hall–Kier alpha value is -4.53. The average Bonchev–Trinajstić information content (AvgIpc) is 0.917. The highest BCUT2D eigenvalue weighted by molar-refractivity contribution is 5.89. The van der Waals surface area contributed by atoms with Gasteiger partial charge in [0.15, 0.2) is 56.2 Å². The smallest absolute Gasteiger partial charge is 0.336 e. The summed E-state index contributed by atoms with van der Waals surface area (Å²) in [7, 11) is 0. The Kier molecular flexibility index (Phi) is 37.0. The van der Waals surface area contributed by atoms with Crippen molar-refractivity contribution in [3.63, 3.8) is 0 Å². The van der Waals surface area contributed by atoms with Gasteiger partial charge in [-0.3, -0.25) is 4.79 Å². The lowest BCUT2D eigenvalue weighted by Gasteiger charge is -2.72. The van der Waals surface area contributed by atoms with E-state index >= 15 is 9.59 Å². The van der Waals surface area contributed by atoms with E-state index in [9.17, 15) is 138 Å². The maximum absolute atomic E-state index is 16.9. The number of carbonyl (C=O) groups is 3. The Morgan fingerprint density at radius 2 is 0.909 bits per heavy atom. The second kappa shape index (κ2) is 45.8. The molecule has 47 heteroatoms. The summed E-state index contributed by atoms with van der Waals surface area (Å²) in [6.45, 7) is 20.7. The van der Waals surface area contributed by atoms with Gasteiger partial charge in [-0.1, -0.05) is 84.4 Å². The topological polar surface area (TPSA) is 743 Å². The van der Waals surface area contributed by atoms with Crippen LogP contribution in [0.1, 0.15) is 153 Å². The molecule has 0 radical (unpaired) electrons. The molecule has 0 amide bonds. The van der Waals surface area contributed by atoms with Crippen molar-refractivity contribution in [3.8, 4) is 0 Å². The van der Waals surface area contributed by atoms with Crippen LogP contribution in [0.5, 0.6) is 0 Å². The first kappa shape index (κ1) is 116. The van der Waals surface area contributed by atoms with Gasteiger partial charge in [0, 0.05) is 11.8 Å². The summed E-state index contributed by atoms with van der Waals surface area (Å²) in [4.78, 5) is 45.3. The van der Waals surface area contributed by atoms with Gasteiger partial charge in [0.2, 0.25) is 6.29 Å². The molecular formula is C96H152O47. The normalized spacial score (nSPS) is 48.2. The van der Waals surface area contributed by atoms with Crippen LogP contribution in [0.4, 0.5) is 0 Å². The highest BCUT2D eigenvalue weighted by Crippen LogP contribution is 2.76. The van der Waals surface area contributed by atoms with Gasteiger partial charge in [0.1, 0.15) is 170 Å². The summed E-state index contributed by atoms with van der Waals surface area (Å²) in [5, 5.41) is 290. The summed E-state index contributed by atoms with van der Waals surface area (Å²) in [5.74, 6) is -5.03. The van der Waals surface area contributed by atoms with Crippen LogP contribution >= 0.6 is 0 Å². The number of ether oxygens (including phenoxy) is 18. The highest BCUT2D eigenvalue weighted by Gasteiger charge is 2.74. The number of hydrogen-bond acceptors (Lipinski definition) is 47. The van der Waals surface area contributed by atoms with Crippen molar-refractivity contribution in [1.29, 1.82) is 0 Å². The first-order valence-corrected chi connectivity index (χ1v) is 49.2. The molecule has 0 aromatic carbocycles. The van der Waals surface area contributed by atoms with Gasteiger partial charge in [-0.15, -0.1) is 13.2 Å². The number of esters is 3. The van der Waals surface area contributed by atoms with Crippen LogP contribution in [0.15, 0.2) is 60.3 Å². The molecule has 4 saturated carbocycles. The molecule has 8 heterocycles. The van der Waals surface area contributed by atoms with Crippen molar-refractivity contribution in [2.45, 2.75) is 416 Å². The third-order valence-corrected chi connectivity index (χ3v) is 33.6. The molecule has 143 heavy (non-hydrogen) atoms. The molecule has 0 spiro atoms. The molecule has 8 aliphatic heterocycles. The van der Waals surface area contributed by atoms with Crippen LogP contribution < -0.4 is 0 Å². The summed E-state index contributed by atoms with van der Waals surface area (Å²) in [6.07, 6.45) is -64.9. The Morgan fingerprint density at radius 3 is 1.46 bits per heavy atom. The van der Waals surface area contributed by atoms with Crippen LogP contribution in [0.25, 0.3) is 0 Å². The summed E-state index contributed by atoms with van der Waals surface area (Å²) in [6, 6.07) is 0. The predicted octanol–water partition coefficient (Wildman–Crippen LogP) is -7.09. The highest BCUT2D eigenvalue weighted by atomic mass is 16.8. The summed E-state index contributed by atoms with van der Waals surface area (Å²) < 4.78 is 110. The third kappa shape index (κ3) is 22.4. The second-order valence-electron chi connectivity index (χ2n) is 43.4. The maximum atomic E-state index is 16.9. The van der Waals surface area contributed by atoms with E-state index < -0.39 is 379 Å². The molecule has 50 atom stereocenters. The molecule has 13 aliphatic rings. The minimum atomic E-state index is -2.31. The van der Waals surface area contributed by atoms with E-state index in [0.717, 1.165) is 0 Å². The molecule has 26 N–H and O–H groups in total. The molecule has 12 fully saturated rings. The first-order valence-electron chi connectivity index (χ1n) is 49.2. The van der Waals surface area contributed by atoms with Crippen LogP contribution in [-0.2, 0) is 99.6 Å². The Bertz CT molecular complexity index is 4370. The maximum Gasteiger partial charge on any atom is 0.336 e. The minimum absolute atomic E-state index is 0.0640. The lowest BCUT2D eigenvalue weighted by atomic mass is 9.33. The van der Waals surface area contributed by atoms with Crippen molar-refractivity contribution < 1.29 is 232 Å². The van der Waals surface area contributed by atoms with Crippen LogP contribution in [-0.4, -0.2) is 466 Å². The van der Waals surface area contributed by atoms with E-state index in [1.807, 2.05) is 20.8 Å². The van der Waals surface area contributed by atoms with Crippen molar-refractivity contribution in [3.05, 3.63) is 60.3 Å². The van der Waals surface area contributed by atoms with Crippen molar-refractivity contribution in [2.24, 2.45) is 50.2 Å². The van der Waals surface area contributed by atoms with Gasteiger partial charge in [-0.2, -0.15) is 0 Å². The quantitative estimate of drug-likeness (QED) is 0.00922. The van der Waals surface area contributed by atoms with E-state index in [-0.39, 0.29) is 67.9 Å². The van der Waals surface area contributed by atoms with Gasteiger partial charge >= 0.3 is 17.9 Å². The second-order valence-corrected chi connectivity index (χ2v) is 43.4. The summed E-state index contributed by atoms with van der Waals surface area (Å²) in [5.41, 5.74) is -9.43. The molecule has 13 rings (SSSR count). The fourth-order valence-electron chi connectivity index (χ4n) is 24.3. The van der Waals surface area contributed by atoms with Crippen LogP contribution in [0, 0.1) is 50.2 Å². The molecule has 5 aliphatic carbocycles. The number of carbonyl (C=O) groups excluding carboxylic acids is 3. The third-order valence-electron chi connectivity index (χ3n) is 33.6. The largest absolute Gasteiger partial charge is 0.458 e. The zero-order valence-corrected chi connectivity index (χ0v) is 82.0. The lowest BCUT2D eigenvalue weighted by molar-refractivity contribution is -0.390. The van der Waals surface area contributed by atoms with Crippen molar-refractivity contribution in [2.75, 3.05) is 52.9 Å². The SMILES string of the molecule is C=C[C@@](C)(CC/C=C(\CO)C(=O)O[C@H]1C[C@]2(C(=O)O[C@@H]3O[C@H](CO)[C@H](O)[C@H](O)[C@H]3O[C@@H]3O[C@@H](C)[C@H](O[C@@H]4O[C@@H](CO)[C@H](O)[C@H]4O)[C@@H](O[C@@H]4O[C@H](CO)[C@H](O)[C@H](O)[C@H]4O)[C@H]3O)[C@H](O)C[C@]3(C)C(=CC[C@@H]4[C@@]5(C)CC[C@H](O[C@@H]6O[C@H](CO[C@@H]7OC[C@H](O)[C@@H](O)[C@H]7O)[C@H](O)[C@H](O)[C@H]6O[C@@H]6O[C@H](CO)[C@H](O)[C@H](O)[C@H]6O)C(C)(C)[C@@H]5CC[C@]43C)[C@@H]2CC1(C)C)O[C@@H]1O[C@H](C)[C@@H](OC(=O)/C(=C/CC[C@](C)(O)C=C)CO)[C@H](O)[C@H]1O. The number of hydrogen-bond donors (Lipinski definition) is 26. The van der Waals surface area contributed by atoms with Gasteiger partial charge in [0.05, 0.1) is 99.6 Å². The van der Waals surface area contributed by atoms with E-state index in [4.69, 9.17) is 85.3 Å². The molecule has 47 nitrogen and oxygen atoms in total. The minimum Gasteiger partial charge on any atom is -0.458 e. The molecule has 8 saturated heterocycles. The lowest BCUT2D eigenvalue weighted by Crippen LogP contribution is -2.70. The Labute approximate surface area is 826 Å². The van der Waals surface area contributed by atoms with E-state index in [2.05, 4.69) is 33.1 Å². The van der Waals surface area contributed by atoms with Gasteiger partial charge < -0.3 is 218 Å². The van der Waals surface area contributed by atoms with Crippen molar-refractivity contribution in [1.82, 2.24) is 0 Å². The molecule has 0 aromatic heterocycles. The molecular weight excluding hydrogens is 1910 g/mol. The first-order chi connectivity index (χ1) is 67.1. The standard InChI is InChI=1S/C96H152O47/c1-14-91(9,125)24-16-18-42(32-98)79(123)137-73-39(3)129-85(71(120)66(73)115)143-92(10,15-2)25-17-19-41(31-97)78(122)135-55-30-96(88(124)142-87-77(64(113)59(108)48(35-101)133-87)141-84-72(121)75(139-82-69(118)62(111)57(106)46(33-99)130-82)74(40(4)128-84)138-81-68(117)60(109)49(36-102)132-81)44(28-89(55,5)6)43-20-21-52-93(11)26-23-54(90(7,8)51(93)22-27-94(52,12)95(43,13)29-53(96)104)136-86-76(140-83-70(119)63(112)58(107)47(34-100)131-83)65(114)61(110)50(134-86)38-127-80-67(116)56(105)45(103)37-126-80/h14-15,18-20,39-40,44-77,80-87,97-121,125H,1-2,16-17,21-38H2,3-13H3/b41-19+,42-18+/t39-,40+,44+,45+,46-,47-,48-,49+,50-,51+,52-,53-,54+,55+,56-,57+,58+,59+,60+,61+,62+,63+,64+,65+,66-,67-,68-,69-,70-,71-,72-,73-,74+,75+,76-,77-,80+,81+,82+,83+,84+,85+,86+,87+,91-,92+,93+,94-,95-,96-/m1/s1. The van der Waals surface area contributed by atoms with Crippen LogP contribution in [0.2, 0.25) is 0 Å². The van der Waals surface area contributed by atoms with Crippen LogP contribution in [0.3, 0.4) is 0 Å². The number of aliphatic hydroxyl groups excluding tert-OH is 25. The number of fused-ring (bicyclic) bond motifs is 7. The summed E-state index contributed by atoms with van der Waals surface area (Å²) >= 11 is 0. The van der Waals surface area contributed by atoms with Crippen molar-refractivity contribution >= 4 is 17.9 Å². The zero-order chi connectivity index (χ0) is 105. The number of rotatable bonds is 35. The van der Waals surface area contributed by atoms with E-state index in [0.29, 0.717) is 31.3 Å². The zero-order valence-electron chi connectivity index (χ0n) is 82.0. The van der Waals surface area contributed by atoms with E-state index in [1.54, 1.807) is 20.8 Å². The Morgan fingerprint density at radius 1 is 0.448 bits per heavy atom. The molecule has 0 unspecified atom stereocenters. The fourth-order valence-corrected chi connectivity index (χ4v) is 24.3. The number of aliphatic hydroxyl groups is 26. The number of allylic oxidation sites excluding steroid dienone is 4. The fraction of sp³-hybridized carbons (Fsp3) is 0.865. The van der Waals surface area contributed by atoms with Gasteiger partial charge in [0.25, 0.3) is 0 Å². The molecule has 818 valence electrons. The van der Waals surface area contributed by atoms with Gasteiger partial charge in [-0.05, 0) is 138 Å². The van der Waals surface area contributed by atoms with Gasteiger partial charge in [-0.25, -0.2) is 9.59 Å². The molecule has 0 aromatic rings. The monoisotopic (exact) mass is 2060 g/mol. The average molecular weight is 2060 g/mol. The predicted molar refractivity (Wildman–Crippen MR) is 479 cm³/mol. The Balaban J connectivity index is 0.802. The molecule has 0 bridgehead atoms. The van der Waals surface area contributed by atoms with E-state index in [1.165, 1.54) is 45.1 Å².